The van der Waals surface area contributed by atoms with Crippen molar-refractivity contribution < 1.29 is 18.7 Å². The van der Waals surface area contributed by atoms with Crippen LogP contribution in [0.25, 0.3) is 22.4 Å². The summed E-state index contributed by atoms with van der Waals surface area (Å²) < 4.78 is 16.2. The zero-order valence-electron chi connectivity index (χ0n) is 15.8. The number of nitrogens with one attached hydrogen (secondary N) is 1. The first-order valence-corrected chi connectivity index (χ1v) is 10.6. The first-order valence-electron chi connectivity index (χ1n) is 8.75. The van der Waals surface area contributed by atoms with E-state index in [4.69, 9.17) is 13.9 Å². The summed E-state index contributed by atoms with van der Waals surface area (Å²) in [5.41, 5.74) is 1.41. The standard InChI is InChI=1S/C21H18N2O4S2/c1-25-14-5-7-16(8-6-14)28-12-20(24)23-21-22-17(11-29-21)19-9-13-3-4-15(26-2)10-18(13)27-19/h3-11H,12H2,1-2H3,(H,22,23,24). The molecule has 0 saturated heterocycles. The Morgan fingerprint density at radius 2 is 1.86 bits per heavy atom. The van der Waals surface area contributed by atoms with E-state index in [1.165, 1.54) is 23.1 Å². The minimum Gasteiger partial charge on any atom is -0.497 e. The monoisotopic (exact) mass is 426 g/mol. The van der Waals surface area contributed by atoms with Crippen LogP contribution in [0.5, 0.6) is 11.5 Å². The molecule has 2 aromatic carbocycles. The van der Waals surface area contributed by atoms with E-state index in [1.807, 2.05) is 53.9 Å². The van der Waals surface area contributed by atoms with Gasteiger partial charge in [-0.15, -0.1) is 23.1 Å². The SMILES string of the molecule is COc1ccc(SCC(=O)Nc2nc(-c3cc4ccc(OC)cc4o3)cs2)cc1. The fraction of sp³-hybridized carbons (Fsp3) is 0.143. The van der Waals surface area contributed by atoms with Gasteiger partial charge in [-0.2, -0.15) is 0 Å². The van der Waals surface area contributed by atoms with Crippen LogP contribution in [0, 0.1) is 0 Å². The molecule has 8 heteroatoms. The van der Waals surface area contributed by atoms with Crippen molar-refractivity contribution in [1.82, 2.24) is 4.98 Å². The van der Waals surface area contributed by atoms with E-state index in [2.05, 4.69) is 10.3 Å². The number of thioether (sulfide) groups is 1. The van der Waals surface area contributed by atoms with Crippen molar-refractivity contribution in [3.05, 3.63) is 53.9 Å². The van der Waals surface area contributed by atoms with E-state index >= 15 is 0 Å². The first-order chi connectivity index (χ1) is 14.1. The number of thiazole rings is 1. The van der Waals surface area contributed by atoms with Gasteiger partial charge >= 0.3 is 0 Å². The number of anilines is 1. The summed E-state index contributed by atoms with van der Waals surface area (Å²) in [6.07, 6.45) is 0. The first kappa shape index (κ1) is 19.4. The second-order valence-electron chi connectivity index (χ2n) is 6.06. The van der Waals surface area contributed by atoms with Crippen LogP contribution in [0.2, 0.25) is 0 Å². The lowest BCUT2D eigenvalue weighted by molar-refractivity contribution is -0.113. The van der Waals surface area contributed by atoms with Crippen molar-refractivity contribution in [2.24, 2.45) is 0 Å². The third-order valence-electron chi connectivity index (χ3n) is 4.16. The predicted octanol–water partition coefficient (Wildman–Crippen LogP) is 5.30. The van der Waals surface area contributed by atoms with E-state index in [-0.39, 0.29) is 5.91 Å². The molecule has 2 heterocycles. The van der Waals surface area contributed by atoms with Gasteiger partial charge in [0.2, 0.25) is 5.91 Å². The number of benzene rings is 2. The maximum absolute atomic E-state index is 12.2. The molecule has 6 nitrogen and oxygen atoms in total. The smallest absolute Gasteiger partial charge is 0.236 e. The topological polar surface area (TPSA) is 73.6 Å². The Balaban J connectivity index is 1.39. The summed E-state index contributed by atoms with van der Waals surface area (Å²) in [5, 5.41) is 6.21. The number of hydrogen-bond donors (Lipinski definition) is 1. The number of ether oxygens (including phenoxy) is 2. The molecule has 148 valence electrons. The number of rotatable bonds is 7. The van der Waals surface area contributed by atoms with Crippen molar-refractivity contribution in [2.45, 2.75) is 4.90 Å². The predicted molar refractivity (Wildman–Crippen MR) is 116 cm³/mol. The molecule has 0 spiro atoms. The highest BCUT2D eigenvalue weighted by atomic mass is 32.2. The van der Waals surface area contributed by atoms with Crippen molar-refractivity contribution >= 4 is 45.1 Å². The number of hydrogen-bond acceptors (Lipinski definition) is 7. The molecule has 4 aromatic rings. The van der Waals surface area contributed by atoms with E-state index in [1.54, 1.807) is 14.2 Å². The van der Waals surface area contributed by atoms with Crippen molar-refractivity contribution in [1.29, 1.82) is 0 Å². The van der Waals surface area contributed by atoms with Gasteiger partial charge in [-0.05, 0) is 42.5 Å². The lowest BCUT2D eigenvalue weighted by Gasteiger charge is -2.03. The number of carbonyl (C=O) groups is 1. The molecule has 0 aliphatic carbocycles. The number of aromatic nitrogens is 1. The minimum atomic E-state index is -0.110. The average molecular weight is 427 g/mol. The number of methoxy groups -OCH3 is 2. The zero-order chi connectivity index (χ0) is 20.2. The maximum atomic E-state index is 12.2. The molecular weight excluding hydrogens is 408 g/mol. The molecule has 1 amide bonds. The fourth-order valence-corrected chi connectivity index (χ4v) is 4.10. The molecule has 0 fully saturated rings. The summed E-state index contributed by atoms with van der Waals surface area (Å²) in [6.45, 7) is 0. The Kier molecular flexibility index (Phi) is 5.73. The van der Waals surface area contributed by atoms with Crippen molar-refractivity contribution in [2.75, 3.05) is 25.3 Å². The summed E-state index contributed by atoms with van der Waals surface area (Å²) in [4.78, 5) is 17.7. The summed E-state index contributed by atoms with van der Waals surface area (Å²) in [6, 6.07) is 15.2. The lowest BCUT2D eigenvalue weighted by Crippen LogP contribution is -2.13. The molecule has 0 aliphatic heterocycles. The summed E-state index contributed by atoms with van der Waals surface area (Å²) in [5.74, 6) is 2.36. The number of fused-ring (bicyclic) bond motifs is 1. The van der Waals surface area contributed by atoms with Crippen LogP contribution in [0.15, 0.2) is 63.2 Å². The van der Waals surface area contributed by atoms with Gasteiger partial charge in [0.15, 0.2) is 10.9 Å². The summed E-state index contributed by atoms with van der Waals surface area (Å²) >= 11 is 2.82. The lowest BCUT2D eigenvalue weighted by atomic mass is 10.2. The highest BCUT2D eigenvalue weighted by molar-refractivity contribution is 8.00. The van der Waals surface area contributed by atoms with Gasteiger partial charge in [-0.25, -0.2) is 4.98 Å². The number of amides is 1. The largest absolute Gasteiger partial charge is 0.497 e. The van der Waals surface area contributed by atoms with Crippen molar-refractivity contribution in [3.8, 4) is 23.0 Å². The Hall–Kier alpha value is -2.97. The van der Waals surface area contributed by atoms with E-state index in [9.17, 15) is 4.79 Å². The van der Waals surface area contributed by atoms with Gasteiger partial charge in [-0.3, -0.25) is 4.79 Å². The van der Waals surface area contributed by atoms with Crippen LogP contribution in [0.3, 0.4) is 0 Å². The number of furan rings is 1. The number of nitrogens with zero attached hydrogens (tertiary/aromatic N) is 1. The molecular formula is C21H18N2O4S2. The maximum Gasteiger partial charge on any atom is 0.236 e. The van der Waals surface area contributed by atoms with Crippen LogP contribution in [-0.2, 0) is 4.79 Å². The molecule has 2 aromatic heterocycles. The highest BCUT2D eigenvalue weighted by Gasteiger charge is 2.13. The second kappa shape index (κ2) is 8.59. The van der Waals surface area contributed by atoms with Crippen molar-refractivity contribution in [3.63, 3.8) is 0 Å². The third-order valence-corrected chi connectivity index (χ3v) is 5.93. The van der Waals surface area contributed by atoms with Gasteiger partial charge in [-0.1, -0.05) is 0 Å². The molecule has 29 heavy (non-hydrogen) atoms. The summed E-state index contributed by atoms with van der Waals surface area (Å²) in [7, 11) is 3.24. The van der Waals surface area contributed by atoms with E-state index in [0.717, 1.165) is 27.4 Å². The Labute approximate surface area is 175 Å². The normalized spacial score (nSPS) is 10.8. The van der Waals surface area contributed by atoms with E-state index < -0.39 is 0 Å². The van der Waals surface area contributed by atoms with E-state index in [0.29, 0.717) is 22.3 Å². The molecule has 4 rings (SSSR count). The van der Waals surface area contributed by atoms with Gasteiger partial charge in [0.25, 0.3) is 0 Å². The Morgan fingerprint density at radius 3 is 2.62 bits per heavy atom. The Morgan fingerprint density at radius 1 is 1.10 bits per heavy atom. The van der Waals surface area contributed by atoms with Crippen LogP contribution in [-0.4, -0.2) is 30.9 Å². The second-order valence-corrected chi connectivity index (χ2v) is 7.97. The fourth-order valence-electron chi connectivity index (χ4n) is 2.69. The van der Waals surface area contributed by atoms with Crippen LogP contribution in [0.1, 0.15) is 0 Å². The molecule has 0 unspecified atom stereocenters. The van der Waals surface area contributed by atoms with Crippen LogP contribution in [0.4, 0.5) is 5.13 Å². The quantitative estimate of drug-likeness (QED) is 0.404. The highest BCUT2D eigenvalue weighted by Crippen LogP contribution is 2.32. The van der Waals surface area contributed by atoms with Crippen LogP contribution < -0.4 is 14.8 Å². The molecule has 0 radical (unpaired) electrons. The average Bonchev–Trinajstić information content (AvgIpc) is 3.38. The molecule has 0 atom stereocenters. The van der Waals surface area contributed by atoms with Gasteiger partial charge in [0.1, 0.15) is 22.8 Å². The Bertz CT molecular complexity index is 1140. The van der Waals surface area contributed by atoms with Gasteiger partial charge in [0.05, 0.1) is 20.0 Å². The van der Waals surface area contributed by atoms with Gasteiger partial charge < -0.3 is 19.2 Å². The van der Waals surface area contributed by atoms with Crippen LogP contribution >= 0.6 is 23.1 Å². The van der Waals surface area contributed by atoms with Gasteiger partial charge in [0, 0.05) is 21.7 Å². The molecule has 0 bridgehead atoms. The minimum absolute atomic E-state index is 0.110. The number of carbonyl (C=O) groups excluding carboxylic acids is 1. The third kappa shape index (κ3) is 4.55. The molecule has 0 saturated carbocycles. The molecule has 0 aliphatic rings. The molecule has 1 N–H and O–H groups in total. The zero-order valence-corrected chi connectivity index (χ0v) is 17.4.